The average Bonchev–Trinajstić information content (AvgIpc) is 3.05. The zero-order valence-corrected chi connectivity index (χ0v) is 13.9. The first kappa shape index (κ1) is 16.8. The molecule has 0 fully saturated rings. The van der Waals surface area contributed by atoms with Crippen molar-refractivity contribution in [1.29, 1.82) is 0 Å². The summed E-state index contributed by atoms with van der Waals surface area (Å²) in [6.45, 7) is 0.571. The number of anilines is 1. The molecule has 0 aliphatic rings. The van der Waals surface area contributed by atoms with Gasteiger partial charge in [0.15, 0.2) is 5.69 Å². The van der Waals surface area contributed by atoms with E-state index in [1.165, 1.54) is 0 Å². The van der Waals surface area contributed by atoms with Gasteiger partial charge in [-0.3, -0.25) is 9.89 Å². The summed E-state index contributed by atoms with van der Waals surface area (Å²) in [5, 5.41) is 16.2. The minimum Gasteiger partial charge on any atom is -0.349 e. The maximum absolute atomic E-state index is 12.2. The molecule has 0 saturated carbocycles. The van der Waals surface area contributed by atoms with Crippen LogP contribution in [0.25, 0.3) is 10.9 Å². The molecular weight excluding hydrogens is 342 g/mol. The number of nitrogens with one attached hydrogen (secondary N) is 4. The number of hydrogen-bond acceptors (Lipinski definition) is 3. The lowest BCUT2D eigenvalue weighted by molar-refractivity contribution is 0.0950. The monoisotopic (exact) mass is 357 g/mol. The molecule has 0 atom stereocenters. The van der Waals surface area contributed by atoms with E-state index in [0.717, 1.165) is 10.9 Å². The van der Waals surface area contributed by atoms with Crippen molar-refractivity contribution in [2.24, 2.45) is 0 Å². The molecule has 3 rings (SSSR count). The van der Waals surface area contributed by atoms with Gasteiger partial charge in [0, 0.05) is 29.2 Å². The van der Waals surface area contributed by atoms with E-state index in [1.807, 2.05) is 24.3 Å². The van der Waals surface area contributed by atoms with Gasteiger partial charge >= 0.3 is 6.03 Å². The molecule has 2 aromatic carbocycles. The first-order valence-corrected chi connectivity index (χ1v) is 8.03. The number of para-hydroxylation sites is 1. The lowest BCUT2D eigenvalue weighted by atomic mass is 10.2. The highest BCUT2D eigenvalue weighted by molar-refractivity contribution is 6.30. The number of H-pyrrole nitrogens is 1. The molecule has 0 bridgehead atoms. The van der Waals surface area contributed by atoms with E-state index in [4.69, 9.17) is 11.6 Å². The Morgan fingerprint density at radius 3 is 2.52 bits per heavy atom. The molecule has 1 aromatic heterocycles. The first-order valence-electron chi connectivity index (χ1n) is 7.65. The Hall–Kier alpha value is -3.06. The zero-order valence-electron chi connectivity index (χ0n) is 13.2. The van der Waals surface area contributed by atoms with E-state index in [-0.39, 0.29) is 25.0 Å². The fraction of sp³-hybridized carbons (Fsp3) is 0.118. The predicted molar refractivity (Wildman–Crippen MR) is 96.9 cm³/mol. The Labute approximate surface area is 148 Å². The molecule has 4 N–H and O–H groups in total. The van der Waals surface area contributed by atoms with Crippen molar-refractivity contribution in [3.8, 4) is 0 Å². The van der Waals surface area contributed by atoms with E-state index in [1.54, 1.807) is 24.3 Å². The Kier molecular flexibility index (Phi) is 5.15. The number of fused-ring (bicyclic) bond motifs is 1. The second kappa shape index (κ2) is 7.67. The number of halogens is 1. The third kappa shape index (κ3) is 4.27. The van der Waals surface area contributed by atoms with Crippen LogP contribution in [0, 0.1) is 0 Å². The second-order valence-corrected chi connectivity index (χ2v) is 5.70. The smallest absolute Gasteiger partial charge is 0.319 e. The van der Waals surface area contributed by atoms with Gasteiger partial charge in [-0.15, -0.1) is 0 Å². The topological polar surface area (TPSA) is 98.9 Å². The van der Waals surface area contributed by atoms with Crippen molar-refractivity contribution in [1.82, 2.24) is 20.8 Å². The Balaban J connectivity index is 1.44. The van der Waals surface area contributed by atoms with Crippen LogP contribution in [0.3, 0.4) is 0 Å². The summed E-state index contributed by atoms with van der Waals surface area (Å²) in [5.41, 5.74) is 1.77. The fourth-order valence-corrected chi connectivity index (χ4v) is 2.41. The number of carbonyl (C=O) groups excluding carboxylic acids is 2. The van der Waals surface area contributed by atoms with Gasteiger partial charge in [-0.2, -0.15) is 5.10 Å². The van der Waals surface area contributed by atoms with Crippen molar-refractivity contribution in [2.75, 3.05) is 18.4 Å². The summed E-state index contributed by atoms with van der Waals surface area (Å²) >= 11 is 5.78. The molecule has 0 radical (unpaired) electrons. The summed E-state index contributed by atoms with van der Waals surface area (Å²) in [6.07, 6.45) is 0. The number of rotatable bonds is 5. The van der Waals surface area contributed by atoms with Crippen LogP contribution < -0.4 is 16.0 Å². The van der Waals surface area contributed by atoms with Crippen LogP contribution in [-0.2, 0) is 0 Å². The minimum absolute atomic E-state index is 0.285. The number of amides is 3. The van der Waals surface area contributed by atoms with Gasteiger partial charge < -0.3 is 16.0 Å². The highest BCUT2D eigenvalue weighted by atomic mass is 35.5. The quantitative estimate of drug-likeness (QED) is 0.528. The Morgan fingerprint density at radius 1 is 1.00 bits per heavy atom. The Morgan fingerprint density at radius 2 is 1.72 bits per heavy atom. The number of hydrogen-bond donors (Lipinski definition) is 4. The molecule has 7 nitrogen and oxygen atoms in total. The molecule has 3 aromatic rings. The van der Waals surface area contributed by atoms with Gasteiger partial charge in [-0.25, -0.2) is 4.79 Å². The molecule has 25 heavy (non-hydrogen) atoms. The van der Waals surface area contributed by atoms with Gasteiger partial charge in [0.05, 0.1) is 5.52 Å². The maximum atomic E-state index is 12.2. The first-order chi connectivity index (χ1) is 12.1. The van der Waals surface area contributed by atoms with E-state index in [9.17, 15) is 9.59 Å². The van der Waals surface area contributed by atoms with E-state index >= 15 is 0 Å². The lowest BCUT2D eigenvalue weighted by Crippen LogP contribution is -2.36. The number of aromatic amines is 1. The molecule has 0 aliphatic heterocycles. The van der Waals surface area contributed by atoms with E-state index in [2.05, 4.69) is 26.1 Å². The second-order valence-electron chi connectivity index (χ2n) is 5.26. The standard InChI is InChI=1S/C17H16ClN5O2/c18-11-5-7-12(8-6-11)21-17(25)20-10-9-19-16(24)15-13-3-1-2-4-14(13)22-23-15/h1-8H,9-10H2,(H,19,24)(H,22,23)(H2,20,21,25). The van der Waals surface area contributed by atoms with Crippen molar-refractivity contribution in [3.63, 3.8) is 0 Å². The molecule has 128 valence electrons. The van der Waals surface area contributed by atoms with Crippen molar-refractivity contribution < 1.29 is 9.59 Å². The molecule has 8 heteroatoms. The van der Waals surface area contributed by atoms with Gasteiger partial charge in [0.1, 0.15) is 0 Å². The molecule has 0 unspecified atom stereocenters. The Bertz CT molecular complexity index is 891. The van der Waals surface area contributed by atoms with Gasteiger partial charge in [-0.05, 0) is 30.3 Å². The van der Waals surface area contributed by atoms with Gasteiger partial charge in [-0.1, -0.05) is 29.8 Å². The fourth-order valence-electron chi connectivity index (χ4n) is 2.28. The molecule has 3 amide bonds. The molecule has 0 saturated heterocycles. The lowest BCUT2D eigenvalue weighted by Gasteiger charge is -2.08. The van der Waals surface area contributed by atoms with E-state index in [0.29, 0.717) is 16.4 Å². The number of benzene rings is 2. The van der Waals surface area contributed by atoms with Crippen LogP contribution in [0.15, 0.2) is 48.5 Å². The molecule has 1 heterocycles. The number of urea groups is 1. The summed E-state index contributed by atoms with van der Waals surface area (Å²) < 4.78 is 0. The van der Waals surface area contributed by atoms with Crippen LogP contribution in [0.1, 0.15) is 10.5 Å². The van der Waals surface area contributed by atoms with Crippen LogP contribution in [-0.4, -0.2) is 35.2 Å². The average molecular weight is 358 g/mol. The largest absolute Gasteiger partial charge is 0.349 e. The number of aromatic nitrogens is 2. The van der Waals surface area contributed by atoms with Crippen molar-refractivity contribution >= 4 is 40.1 Å². The summed E-state index contributed by atoms with van der Waals surface area (Å²) in [7, 11) is 0. The zero-order chi connectivity index (χ0) is 17.6. The van der Waals surface area contributed by atoms with Crippen molar-refractivity contribution in [2.45, 2.75) is 0 Å². The maximum Gasteiger partial charge on any atom is 0.319 e. The summed E-state index contributed by atoms with van der Waals surface area (Å²) in [5.74, 6) is -0.294. The van der Waals surface area contributed by atoms with Gasteiger partial charge in [0.25, 0.3) is 5.91 Å². The summed E-state index contributed by atoms with van der Waals surface area (Å²) in [6, 6.07) is 13.8. The van der Waals surface area contributed by atoms with E-state index < -0.39 is 0 Å². The third-order valence-corrected chi connectivity index (χ3v) is 3.74. The minimum atomic E-state index is -0.359. The molecule has 0 spiro atoms. The normalized spacial score (nSPS) is 10.4. The van der Waals surface area contributed by atoms with Crippen LogP contribution in [0.2, 0.25) is 5.02 Å². The SMILES string of the molecule is O=C(NCCNC(=O)c1n[nH]c2ccccc12)Nc1ccc(Cl)cc1. The highest BCUT2D eigenvalue weighted by Gasteiger charge is 2.13. The number of nitrogens with zero attached hydrogens (tertiary/aromatic N) is 1. The van der Waals surface area contributed by atoms with Gasteiger partial charge in [0.2, 0.25) is 0 Å². The molecular formula is C17H16ClN5O2. The van der Waals surface area contributed by atoms with Crippen LogP contribution in [0.5, 0.6) is 0 Å². The van der Waals surface area contributed by atoms with Crippen LogP contribution in [0.4, 0.5) is 10.5 Å². The predicted octanol–water partition coefficient (Wildman–Crippen LogP) is 2.77. The third-order valence-electron chi connectivity index (χ3n) is 3.48. The number of carbonyl (C=O) groups is 2. The molecule has 0 aliphatic carbocycles. The van der Waals surface area contributed by atoms with Crippen LogP contribution >= 0.6 is 11.6 Å². The van der Waals surface area contributed by atoms with Crippen molar-refractivity contribution in [3.05, 3.63) is 59.2 Å². The highest BCUT2D eigenvalue weighted by Crippen LogP contribution is 2.14. The summed E-state index contributed by atoms with van der Waals surface area (Å²) in [4.78, 5) is 23.9.